The lowest BCUT2D eigenvalue weighted by atomic mass is 10.1. The van der Waals surface area contributed by atoms with E-state index in [1.807, 2.05) is 32.1 Å². The molecule has 1 N–H and O–H groups in total. The lowest BCUT2D eigenvalue weighted by Gasteiger charge is -2.11. The first kappa shape index (κ1) is 23.8. The van der Waals surface area contributed by atoms with Crippen LogP contribution in [0.3, 0.4) is 0 Å². The summed E-state index contributed by atoms with van der Waals surface area (Å²) in [5.74, 6) is 2.21. The Hall–Kier alpha value is -3.48. The molecule has 0 aliphatic rings. The Balaban J connectivity index is 0.00000166. The van der Waals surface area contributed by atoms with E-state index >= 15 is 0 Å². The zero-order chi connectivity index (χ0) is 22.8. The quantitative estimate of drug-likeness (QED) is 0.453. The third kappa shape index (κ3) is 6.25. The molecule has 0 aliphatic carbocycles. The Morgan fingerprint density at radius 2 is 1.97 bits per heavy atom. The molecule has 0 aliphatic heterocycles. The fourth-order valence-electron chi connectivity index (χ4n) is 2.86. The first-order chi connectivity index (χ1) is 15.0. The van der Waals surface area contributed by atoms with E-state index < -0.39 is 0 Å². The van der Waals surface area contributed by atoms with Crippen molar-refractivity contribution < 1.29 is 9.15 Å². The number of allylic oxidation sites excluding steroid dienone is 3. The highest BCUT2D eigenvalue weighted by Crippen LogP contribution is 2.33. The molecule has 1 aromatic carbocycles. The lowest BCUT2D eigenvalue weighted by Crippen LogP contribution is -2.06. The Kier molecular flexibility index (Phi) is 8.94. The Bertz CT molecular complexity index is 1080. The number of hydrogen-bond donors (Lipinski definition) is 1. The average Bonchev–Trinajstić information content (AvgIpc) is 3.23. The van der Waals surface area contributed by atoms with Gasteiger partial charge in [0.25, 0.3) is 0 Å². The predicted molar refractivity (Wildman–Crippen MR) is 126 cm³/mol. The fourth-order valence-corrected chi connectivity index (χ4v) is 2.86. The SMILES string of the molecule is C=C(/C=C\C(C)=C\CC)CNc1ncnc2c(OC)cc(-c3nnc(C)o3)cc12.CC. The van der Waals surface area contributed by atoms with Gasteiger partial charge >= 0.3 is 0 Å². The summed E-state index contributed by atoms with van der Waals surface area (Å²) in [5, 5.41) is 12.1. The number of benzene rings is 1. The van der Waals surface area contributed by atoms with Gasteiger partial charge in [-0.1, -0.05) is 51.2 Å². The van der Waals surface area contributed by atoms with Crippen LogP contribution < -0.4 is 10.1 Å². The van der Waals surface area contributed by atoms with E-state index in [2.05, 4.69) is 58.1 Å². The highest BCUT2D eigenvalue weighted by atomic mass is 16.5. The number of hydrogen-bond acceptors (Lipinski definition) is 7. The summed E-state index contributed by atoms with van der Waals surface area (Å²) < 4.78 is 11.1. The second-order valence-electron chi connectivity index (χ2n) is 6.62. The van der Waals surface area contributed by atoms with Crippen LogP contribution in [0.4, 0.5) is 5.82 Å². The first-order valence-corrected chi connectivity index (χ1v) is 10.4. The molecular formula is C24H31N5O2. The number of methoxy groups -OCH3 is 1. The van der Waals surface area contributed by atoms with Crippen LogP contribution in [0.1, 0.15) is 40.0 Å². The molecule has 0 radical (unpaired) electrons. The highest BCUT2D eigenvalue weighted by Gasteiger charge is 2.15. The maximum Gasteiger partial charge on any atom is 0.247 e. The number of ether oxygens (including phenoxy) is 1. The van der Waals surface area contributed by atoms with Crippen LogP contribution in [0.5, 0.6) is 5.75 Å². The van der Waals surface area contributed by atoms with Crippen LogP contribution in [0.15, 0.2) is 58.8 Å². The summed E-state index contributed by atoms with van der Waals surface area (Å²) in [6, 6.07) is 3.75. The molecule has 0 spiro atoms. The van der Waals surface area contributed by atoms with Gasteiger partial charge in [-0.05, 0) is 31.1 Å². The van der Waals surface area contributed by atoms with E-state index in [4.69, 9.17) is 9.15 Å². The van der Waals surface area contributed by atoms with Crippen LogP contribution in [0.25, 0.3) is 22.4 Å². The summed E-state index contributed by atoms with van der Waals surface area (Å²) in [6.07, 6.45) is 8.76. The van der Waals surface area contributed by atoms with Gasteiger partial charge in [0.1, 0.15) is 23.4 Å². The molecule has 0 saturated heterocycles. The second kappa shape index (κ2) is 11.6. The van der Waals surface area contributed by atoms with E-state index in [0.717, 1.165) is 22.9 Å². The lowest BCUT2D eigenvalue weighted by molar-refractivity contribution is 0.418. The van der Waals surface area contributed by atoms with Crippen molar-refractivity contribution in [1.29, 1.82) is 0 Å². The molecule has 3 aromatic rings. The fraction of sp³-hybridized carbons (Fsp3) is 0.333. The molecule has 0 saturated carbocycles. The van der Waals surface area contributed by atoms with Gasteiger partial charge in [-0.15, -0.1) is 10.2 Å². The van der Waals surface area contributed by atoms with E-state index in [-0.39, 0.29) is 0 Å². The molecule has 7 nitrogen and oxygen atoms in total. The molecule has 164 valence electrons. The van der Waals surface area contributed by atoms with Crippen LogP contribution >= 0.6 is 0 Å². The third-order valence-corrected chi connectivity index (χ3v) is 4.29. The first-order valence-electron chi connectivity index (χ1n) is 10.4. The molecule has 0 unspecified atom stereocenters. The van der Waals surface area contributed by atoms with Crippen molar-refractivity contribution in [2.75, 3.05) is 19.0 Å². The molecule has 2 aromatic heterocycles. The van der Waals surface area contributed by atoms with Crippen LogP contribution in [-0.4, -0.2) is 33.8 Å². The number of aromatic nitrogens is 4. The van der Waals surface area contributed by atoms with E-state index in [1.54, 1.807) is 14.0 Å². The van der Waals surface area contributed by atoms with Gasteiger partial charge in [-0.25, -0.2) is 9.97 Å². The third-order valence-electron chi connectivity index (χ3n) is 4.29. The molecule has 2 heterocycles. The average molecular weight is 422 g/mol. The molecule has 0 bridgehead atoms. The normalized spacial score (nSPS) is 11.4. The van der Waals surface area contributed by atoms with Gasteiger partial charge in [-0.3, -0.25) is 0 Å². The van der Waals surface area contributed by atoms with Crippen molar-refractivity contribution in [2.45, 2.75) is 41.0 Å². The van der Waals surface area contributed by atoms with Crippen molar-refractivity contribution in [3.63, 3.8) is 0 Å². The van der Waals surface area contributed by atoms with Gasteiger partial charge in [0.15, 0.2) is 0 Å². The standard InChI is InChI=1S/C22H25N5O2.C2H6/c1-6-7-14(2)8-9-15(3)12-23-21-18-10-17(22-27-26-16(4)29-22)11-19(28-5)20(18)24-13-25-21;1-2/h7-11,13H,3,6,12H2,1-2,4-5H3,(H,23,24,25);1-2H3/b9-8-,14-7+;. The summed E-state index contributed by atoms with van der Waals surface area (Å²) >= 11 is 0. The Morgan fingerprint density at radius 3 is 2.61 bits per heavy atom. The second-order valence-corrected chi connectivity index (χ2v) is 6.62. The number of aryl methyl sites for hydroxylation is 1. The van der Waals surface area contributed by atoms with Crippen LogP contribution in [0.2, 0.25) is 0 Å². The minimum atomic E-state index is 0.419. The van der Waals surface area contributed by atoms with E-state index in [0.29, 0.717) is 35.4 Å². The number of fused-ring (bicyclic) bond motifs is 1. The van der Waals surface area contributed by atoms with Gasteiger partial charge in [-0.2, -0.15) is 0 Å². The molecule has 31 heavy (non-hydrogen) atoms. The topological polar surface area (TPSA) is 86.0 Å². The van der Waals surface area contributed by atoms with Gasteiger partial charge in [0.2, 0.25) is 11.8 Å². The van der Waals surface area contributed by atoms with E-state index in [9.17, 15) is 0 Å². The molecule has 0 atom stereocenters. The molecule has 3 rings (SSSR count). The Morgan fingerprint density at radius 1 is 1.19 bits per heavy atom. The zero-order valence-electron chi connectivity index (χ0n) is 19.2. The van der Waals surface area contributed by atoms with Crippen LogP contribution in [0, 0.1) is 6.92 Å². The van der Waals surface area contributed by atoms with E-state index in [1.165, 1.54) is 11.9 Å². The number of anilines is 1. The summed E-state index contributed by atoms with van der Waals surface area (Å²) in [5.41, 5.74) is 3.60. The van der Waals surface area contributed by atoms with Crippen molar-refractivity contribution in [1.82, 2.24) is 20.2 Å². The smallest absolute Gasteiger partial charge is 0.247 e. The monoisotopic (exact) mass is 421 g/mol. The minimum Gasteiger partial charge on any atom is -0.494 e. The number of nitrogens with zero attached hydrogens (tertiary/aromatic N) is 4. The van der Waals surface area contributed by atoms with Gasteiger partial charge < -0.3 is 14.5 Å². The predicted octanol–water partition coefficient (Wildman–Crippen LogP) is 5.90. The molecular weight excluding hydrogens is 390 g/mol. The van der Waals surface area contributed by atoms with Gasteiger partial charge in [0, 0.05) is 24.4 Å². The molecule has 0 amide bonds. The summed E-state index contributed by atoms with van der Waals surface area (Å²) in [6.45, 7) is 14.6. The maximum absolute atomic E-state index is 5.56. The van der Waals surface area contributed by atoms with Gasteiger partial charge in [0.05, 0.1) is 7.11 Å². The Labute approximate surface area is 184 Å². The zero-order valence-corrected chi connectivity index (χ0v) is 19.2. The number of nitrogens with one attached hydrogen (secondary N) is 1. The molecule has 7 heteroatoms. The van der Waals surface area contributed by atoms with Crippen molar-refractivity contribution >= 4 is 16.7 Å². The summed E-state index contributed by atoms with van der Waals surface area (Å²) in [4.78, 5) is 8.77. The van der Waals surface area contributed by atoms with Crippen LogP contribution in [-0.2, 0) is 0 Å². The molecule has 0 fully saturated rings. The minimum absolute atomic E-state index is 0.419. The largest absolute Gasteiger partial charge is 0.494 e. The van der Waals surface area contributed by atoms with Crippen molar-refractivity contribution in [3.05, 3.63) is 60.3 Å². The van der Waals surface area contributed by atoms with Crippen molar-refractivity contribution in [2.24, 2.45) is 0 Å². The number of rotatable bonds is 8. The highest BCUT2D eigenvalue weighted by molar-refractivity contribution is 5.96. The van der Waals surface area contributed by atoms with Crippen molar-refractivity contribution in [3.8, 4) is 17.2 Å². The maximum atomic E-state index is 5.56. The summed E-state index contributed by atoms with van der Waals surface area (Å²) in [7, 11) is 1.60.